The van der Waals surface area contributed by atoms with Crippen LogP contribution in [0.5, 0.6) is 0 Å². The number of carbonyl (C=O) groups is 1. The normalized spacial score (nSPS) is 28.0. The summed E-state index contributed by atoms with van der Waals surface area (Å²) in [6, 6.07) is 4.42. The lowest BCUT2D eigenvalue weighted by Gasteiger charge is -2.44. The molecule has 1 saturated heterocycles. The maximum Gasteiger partial charge on any atom is 0.237 e. The third-order valence-corrected chi connectivity index (χ3v) is 6.50. The first-order valence-electron chi connectivity index (χ1n) is 10.1. The smallest absolute Gasteiger partial charge is 0.237 e. The van der Waals surface area contributed by atoms with Crippen molar-refractivity contribution in [3.8, 4) is 0 Å². The van der Waals surface area contributed by atoms with Gasteiger partial charge in [0.1, 0.15) is 17.7 Å². The van der Waals surface area contributed by atoms with E-state index in [1.54, 1.807) is 12.3 Å². The minimum Gasteiger partial charge on any atom is -0.621 e. The fourth-order valence-corrected chi connectivity index (χ4v) is 4.70. The molecule has 1 amide bonds. The van der Waals surface area contributed by atoms with Crippen LogP contribution >= 0.6 is 11.6 Å². The number of hydrogen-bond donors (Lipinski definition) is 1. The summed E-state index contributed by atoms with van der Waals surface area (Å²) in [5.74, 6) is -0.0481. The predicted octanol–water partition coefficient (Wildman–Crippen LogP) is 2.96. The molecule has 1 saturated carbocycles. The first-order valence-corrected chi connectivity index (χ1v) is 10.5. The Morgan fingerprint density at radius 1 is 1.40 bits per heavy atom. The number of hydrogen-bond acceptors (Lipinski definition) is 4. The highest BCUT2D eigenvalue weighted by Gasteiger charge is 2.48. The van der Waals surface area contributed by atoms with Gasteiger partial charge in [-0.1, -0.05) is 17.7 Å². The first-order chi connectivity index (χ1) is 14.2. The summed E-state index contributed by atoms with van der Waals surface area (Å²) in [4.78, 5) is 15.9. The highest BCUT2D eigenvalue weighted by Crippen LogP contribution is 2.47. The van der Waals surface area contributed by atoms with Crippen molar-refractivity contribution in [2.75, 3.05) is 32.8 Å². The zero-order valence-corrected chi connectivity index (χ0v) is 17.4. The van der Waals surface area contributed by atoms with Gasteiger partial charge >= 0.3 is 0 Å². The highest BCUT2D eigenvalue weighted by molar-refractivity contribution is 6.30. The molecule has 1 aliphatic carbocycles. The minimum atomic E-state index is -1.31. The van der Waals surface area contributed by atoms with Gasteiger partial charge in [0, 0.05) is 25.0 Å². The third-order valence-electron chi connectivity index (χ3n) is 6.21. The predicted molar refractivity (Wildman–Crippen MR) is 109 cm³/mol. The van der Waals surface area contributed by atoms with Crippen LogP contribution in [0.4, 0.5) is 8.78 Å². The molecule has 0 bridgehead atoms. The summed E-state index contributed by atoms with van der Waals surface area (Å²) in [5.41, 5.74) is 0.895. The van der Waals surface area contributed by atoms with E-state index in [9.17, 15) is 18.8 Å². The zero-order chi connectivity index (χ0) is 21.3. The van der Waals surface area contributed by atoms with Crippen LogP contribution in [0.15, 0.2) is 35.8 Å². The molecule has 3 aliphatic heterocycles. The van der Waals surface area contributed by atoms with Gasteiger partial charge in [-0.05, 0) is 24.6 Å². The van der Waals surface area contributed by atoms with Gasteiger partial charge in [-0.2, -0.15) is 0 Å². The molecule has 0 spiro atoms. The molecule has 0 radical (unpaired) electrons. The van der Waals surface area contributed by atoms with E-state index in [0.717, 1.165) is 24.0 Å². The van der Waals surface area contributed by atoms with Crippen LogP contribution in [-0.4, -0.2) is 64.9 Å². The molecule has 1 unspecified atom stereocenters. The fourth-order valence-electron chi connectivity index (χ4n) is 4.52. The first kappa shape index (κ1) is 19.9. The fraction of sp³-hybridized carbons (Fsp3) is 0.476. The molecule has 3 heterocycles. The van der Waals surface area contributed by atoms with Crippen molar-refractivity contribution in [1.82, 2.24) is 15.1 Å². The average molecular weight is 437 g/mol. The topological polar surface area (TPSA) is 58.6 Å². The van der Waals surface area contributed by atoms with E-state index < -0.39 is 16.1 Å². The molecule has 0 aromatic heterocycles. The Morgan fingerprint density at radius 2 is 2.13 bits per heavy atom. The van der Waals surface area contributed by atoms with Gasteiger partial charge < -0.3 is 15.4 Å². The second kappa shape index (κ2) is 6.75. The molecule has 160 valence electrons. The lowest BCUT2D eigenvalue weighted by atomic mass is 9.98. The molecule has 4 aliphatic rings. The number of likely N-dealkylation sites (tertiary alicyclic amines) is 1. The summed E-state index contributed by atoms with van der Waals surface area (Å²) in [7, 11) is 0. The van der Waals surface area contributed by atoms with Gasteiger partial charge in [-0.15, -0.1) is 0 Å². The van der Waals surface area contributed by atoms with Crippen molar-refractivity contribution in [3.63, 3.8) is 0 Å². The van der Waals surface area contributed by atoms with Crippen LogP contribution < -0.4 is 5.32 Å². The molecule has 5 rings (SSSR count). The van der Waals surface area contributed by atoms with Gasteiger partial charge in [0.2, 0.25) is 11.7 Å². The summed E-state index contributed by atoms with van der Waals surface area (Å²) in [5, 5.41) is 16.9. The van der Waals surface area contributed by atoms with Crippen molar-refractivity contribution < 1.29 is 18.2 Å². The zero-order valence-electron chi connectivity index (χ0n) is 16.6. The Balaban J connectivity index is 1.40. The molecular formula is C21H23ClF2N4O2. The van der Waals surface area contributed by atoms with Crippen LogP contribution in [0.2, 0.25) is 5.02 Å². The van der Waals surface area contributed by atoms with Crippen LogP contribution in [0.1, 0.15) is 25.3 Å². The number of nitrogens with one attached hydrogen (secondary N) is 1. The maximum absolute atomic E-state index is 13.7. The average Bonchev–Trinajstić information content (AvgIpc) is 3.48. The number of benzene rings is 1. The number of quaternary nitrogens is 1. The summed E-state index contributed by atoms with van der Waals surface area (Å²) in [6.07, 6.45) is 3.39. The number of amides is 1. The van der Waals surface area contributed by atoms with E-state index in [-0.39, 0.29) is 36.6 Å². The standard InChI is InChI=1S/C21H23ClF2N4O2/c1-21(24)10-27(11-21)19(29)8-26-7-15-16(13-2-5-18(23)17(22)6-13)9-28(30,14-3-4-14)20(15)25-12-26/h2,5-6,9,14,25H,3-4,7-8,10-12H2,1H3. The number of nitrogens with zero attached hydrogens (tertiary/aromatic N) is 3. The maximum atomic E-state index is 13.7. The quantitative estimate of drug-likeness (QED) is 0.582. The Bertz CT molecular complexity index is 983. The molecule has 2 fully saturated rings. The minimum absolute atomic E-state index is 0.000674. The molecule has 1 N–H and O–H groups in total. The largest absolute Gasteiger partial charge is 0.621 e. The molecule has 30 heavy (non-hydrogen) atoms. The number of alkyl halides is 1. The molecule has 1 aromatic carbocycles. The van der Waals surface area contributed by atoms with E-state index in [1.807, 2.05) is 4.90 Å². The number of rotatable bonds is 4. The Kier molecular flexibility index (Phi) is 4.49. The summed E-state index contributed by atoms with van der Waals surface area (Å²) in [6.45, 7) is 2.63. The van der Waals surface area contributed by atoms with Gasteiger partial charge in [-0.25, -0.2) is 8.78 Å². The van der Waals surface area contributed by atoms with E-state index in [4.69, 9.17) is 11.6 Å². The Morgan fingerprint density at radius 3 is 2.77 bits per heavy atom. The second-order valence-corrected chi connectivity index (χ2v) is 9.33. The highest BCUT2D eigenvalue weighted by atomic mass is 35.5. The number of halogens is 3. The van der Waals surface area contributed by atoms with Crippen LogP contribution in [-0.2, 0) is 4.79 Å². The van der Waals surface area contributed by atoms with E-state index >= 15 is 0 Å². The van der Waals surface area contributed by atoms with Crippen molar-refractivity contribution in [3.05, 3.63) is 57.4 Å². The van der Waals surface area contributed by atoms with E-state index in [1.165, 1.54) is 24.0 Å². The lowest BCUT2D eigenvalue weighted by Crippen LogP contribution is -2.61. The molecule has 1 atom stereocenters. The van der Waals surface area contributed by atoms with Gasteiger partial charge in [0.15, 0.2) is 0 Å². The summed E-state index contributed by atoms with van der Waals surface area (Å²) < 4.78 is 26.8. The van der Waals surface area contributed by atoms with Crippen molar-refractivity contribution in [2.45, 2.75) is 31.5 Å². The van der Waals surface area contributed by atoms with Crippen LogP contribution in [0.3, 0.4) is 0 Å². The molecular weight excluding hydrogens is 414 g/mol. The second-order valence-electron chi connectivity index (χ2n) is 8.92. The monoisotopic (exact) mass is 436 g/mol. The lowest BCUT2D eigenvalue weighted by molar-refractivity contribution is -0.802. The third kappa shape index (κ3) is 3.32. The van der Waals surface area contributed by atoms with Crippen molar-refractivity contribution in [1.29, 1.82) is 0 Å². The van der Waals surface area contributed by atoms with Gasteiger partial charge in [-0.3, -0.25) is 14.3 Å². The molecule has 6 nitrogen and oxygen atoms in total. The molecule has 1 aromatic rings. The van der Waals surface area contributed by atoms with E-state index in [0.29, 0.717) is 24.6 Å². The Labute approximate surface area is 178 Å². The Hall–Kier alpha value is -2.00. The van der Waals surface area contributed by atoms with E-state index in [2.05, 4.69) is 5.32 Å². The van der Waals surface area contributed by atoms with Crippen molar-refractivity contribution >= 4 is 23.1 Å². The molecule has 9 heteroatoms. The SMILES string of the molecule is CC1(F)CN(C(=O)CN2CNC3=C(C2)C(c2ccc(F)c(Cl)c2)=C[N+]3([O-])C2CC2)C1. The number of carbonyl (C=O) groups excluding carboxylic acids is 1. The van der Waals surface area contributed by atoms with Crippen molar-refractivity contribution in [2.24, 2.45) is 0 Å². The van der Waals surface area contributed by atoms with Crippen LogP contribution in [0.25, 0.3) is 5.57 Å². The number of hydroxylamine groups is 3. The van der Waals surface area contributed by atoms with Gasteiger partial charge in [0.25, 0.3) is 0 Å². The van der Waals surface area contributed by atoms with Crippen LogP contribution in [0, 0.1) is 11.0 Å². The van der Waals surface area contributed by atoms with Gasteiger partial charge in [0.05, 0.1) is 42.9 Å². The summed E-state index contributed by atoms with van der Waals surface area (Å²) >= 11 is 5.98.